The Morgan fingerprint density at radius 3 is 3.05 bits per heavy atom. The number of ether oxygens (including phenoxy) is 1. The Bertz CT molecular complexity index is 726. The van der Waals surface area contributed by atoms with Gasteiger partial charge in [0.2, 0.25) is 5.71 Å². The van der Waals surface area contributed by atoms with Crippen LogP contribution in [0.3, 0.4) is 0 Å². The molecule has 0 saturated carbocycles. The number of hydrogen-bond acceptors (Lipinski definition) is 1. The number of nitrogens with one attached hydrogen (secondary N) is 1. The van der Waals surface area contributed by atoms with Crippen molar-refractivity contribution < 1.29 is 9.31 Å². The predicted octanol–water partition coefficient (Wildman–Crippen LogP) is 3.35. The monoisotopic (exact) mass is 283 g/mol. The summed E-state index contributed by atoms with van der Waals surface area (Å²) in [6.45, 7) is 4.72. The Hall–Kier alpha value is -1.77. The minimum Gasteiger partial charge on any atom is -0.497 e. The second-order valence-electron chi connectivity index (χ2n) is 6.26. The van der Waals surface area contributed by atoms with E-state index in [-0.39, 0.29) is 0 Å². The maximum absolute atomic E-state index is 5.40. The quantitative estimate of drug-likeness (QED) is 0.841. The number of aromatic nitrogens is 1. The maximum atomic E-state index is 5.40. The first-order valence-corrected chi connectivity index (χ1v) is 8.12. The second kappa shape index (κ2) is 4.90. The Kier molecular flexibility index (Phi) is 3.02. The first-order chi connectivity index (χ1) is 10.3. The Morgan fingerprint density at radius 1 is 1.33 bits per heavy atom. The molecule has 3 heteroatoms. The molecule has 2 aliphatic heterocycles. The van der Waals surface area contributed by atoms with Crippen molar-refractivity contribution in [2.75, 3.05) is 20.2 Å². The molecule has 0 fully saturated rings. The lowest BCUT2D eigenvalue weighted by Gasteiger charge is -2.25. The Labute approximate surface area is 125 Å². The van der Waals surface area contributed by atoms with Crippen LogP contribution in [0, 0.1) is 5.92 Å². The van der Waals surface area contributed by atoms with Crippen molar-refractivity contribution in [3.05, 3.63) is 29.5 Å². The van der Waals surface area contributed by atoms with Crippen LogP contribution in [0.25, 0.3) is 10.9 Å². The molecule has 4 rings (SSSR count). The highest BCUT2D eigenvalue weighted by Crippen LogP contribution is 2.33. The molecule has 1 aromatic heterocycles. The summed E-state index contributed by atoms with van der Waals surface area (Å²) in [5, 5.41) is 1.34. The van der Waals surface area contributed by atoms with E-state index in [1.807, 2.05) is 6.07 Å². The molecular weight excluding hydrogens is 260 g/mol. The fourth-order valence-corrected chi connectivity index (χ4v) is 4.11. The molecule has 1 unspecified atom stereocenters. The molecule has 3 heterocycles. The number of H-pyrrole nitrogens is 1. The smallest absolute Gasteiger partial charge is 0.203 e. The lowest BCUT2D eigenvalue weighted by atomic mass is 9.85. The van der Waals surface area contributed by atoms with Crippen molar-refractivity contribution >= 4 is 16.6 Å². The summed E-state index contributed by atoms with van der Waals surface area (Å²) >= 11 is 0. The SMILES string of the molecule is CCC1CCC[N+]2=C1c1[nH]c3ccc(OC)cc3c1CC2. The van der Waals surface area contributed by atoms with E-state index >= 15 is 0 Å². The predicted molar refractivity (Wildman–Crippen MR) is 85.7 cm³/mol. The average Bonchev–Trinajstić information content (AvgIpc) is 2.91. The van der Waals surface area contributed by atoms with Gasteiger partial charge in [-0.3, -0.25) is 0 Å². The minimum atomic E-state index is 0.716. The zero-order valence-electron chi connectivity index (χ0n) is 12.9. The number of methoxy groups -OCH3 is 1. The van der Waals surface area contributed by atoms with Crippen LogP contribution in [0.15, 0.2) is 18.2 Å². The number of benzene rings is 1. The molecule has 21 heavy (non-hydrogen) atoms. The fourth-order valence-electron chi connectivity index (χ4n) is 4.11. The lowest BCUT2D eigenvalue weighted by molar-refractivity contribution is -0.535. The third-order valence-electron chi connectivity index (χ3n) is 5.20. The van der Waals surface area contributed by atoms with Crippen LogP contribution in [-0.4, -0.2) is 35.5 Å². The number of hydrogen-bond donors (Lipinski definition) is 1. The van der Waals surface area contributed by atoms with Gasteiger partial charge in [0.25, 0.3) is 0 Å². The molecule has 0 spiro atoms. The molecule has 0 amide bonds. The first-order valence-electron chi connectivity index (χ1n) is 8.12. The molecule has 0 radical (unpaired) electrons. The van der Waals surface area contributed by atoms with Crippen LogP contribution in [0.1, 0.15) is 37.4 Å². The molecule has 2 aromatic rings. The van der Waals surface area contributed by atoms with E-state index in [9.17, 15) is 0 Å². The Balaban J connectivity index is 1.93. The van der Waals surface area contributed by atoms with Gasteiger partial charge in [0.1, 0.15) is 24.5 Å². The number of aromatic amines is 1. The summed E-state index contributed by atoms with van der Waals surface area (Å²) in [7, 11) is 1.74. The molecular formula is C18H23N2O+. The zero-order chi connectivity index (χ0) is 14.4. The molecule has 0 saturated heterocycles. The number of rotatable bonds is 2. The summed E-state index contributed by atoms with van der Waals surface area (Å²) in [5.41, 5.74) is 5.71. The summed E-state index contributed by atoms with van der Waals surface area (Å²) < 4.78 is 8.02. The average molecular weight is 283 g/mol. The first kappa shape index (κ1) is 12.9. The van der Waals surface area contributed by atoms with Crippen molar-refractivity contribution in [3.63, 3.8) is 0 Å². The lowest BCUT2D eigenvalue weighted by Crippen LogP contribution is -2.38. The van der Waals surface area contributed by atoms with E-state index in [0.717, 1.165) is 12.2 Å². The van der Waals surface area contributed by atoms with Gasteiger partial charge in [0.05, 0.1) is 7.11 Å². The highest BCUT2D eigenvalue weighted by Gasteiger charge is 2.36. The molecule has 0 bridgehead atoms. The van der Waals surface area contributed by atoms with Gasteiger partial charge in [-0.05, 0) is 36.6 Å². The van der Waals surface area contributed by atoms with Crippen LogP contribution in [0.5, 0.6) is 5.75 Å². The minimum absolute atomic E-state index is 0.716. The van der Waals surface area contributed by atoms with Crippen LogP contribution >= 0.6 is 0 Å². The van der Waals surface area contributed by atoms with Gasteiger partial charge in [-0.2, -0.15) is 0 Å². The van der Waals surface area contributed by atoms with Crippen molar-refractivity contribution in [2.45, 2.75) is 32.6 Å². The van der Waals surface area contributed by atoms with E-state index in [1.54, 1.807) is 12.8 Å². The number of fused-ring (bicyclic) bond motifs is 4. The molecule has 1 aromatic carbocycles. The molecule has 0 aliphatic carbocycles. The van der Waals surface area contributed by atoms with Gasteiger partial charge in [-0.25, -0.2) is 4.58 Å². The van der Waals surface area contributed by atoms with E-state index in [4.69, 9.17) is 4.74 Å². The third kappa shape index (κ3) is 1.90. The maximum Gasteiger partial charge on any atom is 0.203 e. The highest BCUT2D eigenvalue weighted by molar-refractivity contribution is 6.04. The van der Waals surface area contributed by atoms with Gasteiger partial charge < -0.3 is 9.72 Å². The molecule has 1 atom stereocenters. The Morgan fingerprint density at radius 2 is 2.24 bits per heavy atom. The van der Waals surface area contributed by atoms with Crippen LogP contribution in [0.4, 0.5) is 0 Å². The summed E-state index contributed by atoms with van der Waals surface area (Å²) in [4.78, 5) is 3.70. The fraction of sp³-hybridized carbons (Fsp3) is 0.500. The van der Waals surface area contributed by atoms with Gasteiger partial charge in [0, 0.05) is 29.7 Å². The van der Waals surface area contributed by atoms with E-state index in [0.29, 0.717) is 5.92 Å². The molecule has 1 N–H and O–H groups in total. The van der Waals surface area contributed by atoms with Gasteiger partial charge in [-0.15, -0.1) is 0 Å². The van der Waals surface area contributed by atoms with Gasteiger partial charge in [0.15, 0.2) is 0 Å². The second-order valence-corrected chi connectivity index (χ2v) is 6.26. The van der Waals surface area contributed by atoms with Crippen LogP contribution in [-0.2, 0) is 6.42 Å². The molecule has 110 valence electrons. The van der Waals surface area contributed by atoms with Crippen molar-refractivity contribution in [3.8, 4) is 5.75 Å². The van der Waals surface area contributed by atoms with Gasteiger partial charge in [-0.1, -0.05) is 6.92 Å². The van der Waals surface area contributed by atoms with E-state index < -0.39 is 0 Å². The zero-order valence-corrected chi connectivity index (χ0v) is 12.9. The topological polar surface area (TPSA) is 28.0 Å². The van der Waals surface area contributed by atoms with Crippen LogP contribution < -0.4 is 4.74 Å². The largest absolute Gasteiger partial charge is 0.497 e. The normalized spacial score (nSPS) is 21.3. The third-order valence-corrected chi connectivity index (χ3v) is 5.20. The van der Waals surface area contributed by atoms with Crippen molar-refractivity contribution in [2.24, 2.45) is 5.92 Å². The molecule has 2 aliphatic rings. The summed E-state index contributed by atoms with van der Waals surface area (Å²) in [5.74, 6) is 1.67. The standard InChI is InChI=1S/C18H22N2O/c1-3-12-5-4-9-20-10-8-14-15-11-13(21-2)6-7-16(15)19-17(14)18(12)20/h6-7,11-12H,3-5,8-10H2,1-2H3/p+1. The van der Waals surface area contributed by atoms with E-state index in [1.165, 1.54) is 54.5 Å². The van der Waals surface area contributed by atoms with Crippen molar-refractivity contribution in [1.29, 1.82) is 0 Å². The number of nitrogens with zero attached hydrogens (tertiary/aromatic N) is 1. The van der Waals surface area contributed by atoms with Crippen molar-refractivity contribution in [1.82, 2.24) is 4.98 Å². The summed E-state index contributed by atoms with van der Waals surface area (Å²) in [6.07, 6.45) is 5.05. The van der Waals surface area contributed by atoms with Gasteiger partial charge >= 0.3 is 0 Å². The highest BCUT2D eigenvalue weighted by atomic mass is 16.5. The van der Waals surface area contributed by atoms with Crippen LogP contribution in [0.2, 0.25) is 0 Å². The van der Waals surface area contributed by atoms with E-state index in [2.05, 4.69) is 28.6 Å². The molecule has 3 nitrogen and oxygen atoms in total. The summed E-state index contributed by atoms with van der Waals surface area (Å²) in [6, 6.07) is 6.39.